The SMILES string of the molecule is O=C(Cc1ccc(C(F)(F)F)cc1)Nc1ccc(N2CCSCC2)c(Cl)c1. The molecule has 0 unspecified atom stereocenters. The van der Waals surface area contributed by atoms with Crippen LogP contribution in [0.25, 0.3) is 0 Å². The topological polar surface area (TPSA) is 32.3 Å². The summed E-state index contributed by atoms with van der Waals surface area (Å²) in [6.07, 6.45) is -4.40. The monoisotopic (exact) mass is 414 g/mol. The van der Waals surface area contributed by atoms with Gasteiger partial charge in [0.25, 0.3) is 0 Å². The molecule has 8 heteroatoms. The third-order valence-corrected chi connectivity index (χ3v) is 5.47. The van der Waals surface area contributed by atoms with Gasteiger partial charge in [0.1, 0.15) is 0 Å². The Morgan fingerprint density at radius 3 is 2.37 bits per heavy atom. The largest absolute Gasteiger partial charge is 0.416 e. The van der Waals surface area contributed by atoms with Crippen LogP contribution in [0, 0.1) is 0 Å². The fourth-order valence-electron chi connectivity index (χ4n) is 2.85. The molecule has 0 spiro atoms. The summed E-state index contributed by atoms with van der Waals surface area (Å²) in [6, 6.07) is 9.94. The molecule has 144 valence electrons. The van der Waals surface area contributed by atoms with Crippen LogP contribution in [-0.2, 0) is 17.4 Å². The van der Waals surface area contributed by atoms with Gasteiger partial charge in [0.15, 0.2) is 0 Å². The first-order valence-corrected chi connectivity index (χ1v) is 9.94. The molecule has 0 aliphatic carbocycles. The summed E-state index contributed by atoms with van der Waals surface area (Å²) < 4.78 is 37.7. The molecule has 27 heavy (non-hydrogen) atoms. The lowest BCUT2D eigenvalue weighted by atomic mass is 10.1. The van der Waals surface area contributed by atoms with E-state index >= 15 is 0 Å². The van der Waals surface area contributed by atoms with Crippen LogP contribution in [0.15, 0.2) is 42.5 Å². The molecule has 2 aromatic rings. The number of anilines is 2. The Labute approximate surface area is 164 Å². The number of benzene rings is 2. The van der Waals surface area contributed by atoms with E-state index in [1.807, 2.05) is 17.8 Å². The second kappa shape index (κ2) is 8.44. The summed E-state index contributed by atoms with van der Waals surface area (Å²) in [7, 11) is 0. The second-order valence-corrected chi connectivity index (χ2v) is 7.82. The number of nitrogens with zero attached hydrogens (tertiary/aromatic N) is 1. The van der Waals surface area contributed by atoms with Crippen molar-refractivity contribution in [3.8, 4) is 0 Å². The number of thioether (sulfide) groups is 1. The van der Waals surface area contributed by atoms with E-state index in [2.05, 4.69) is 10.2 Å². The molecule has 0 bridgehead atoms. The van der Waals surface area contributed by atoms with E-state index in [0.717, 1.165) is 42.4 Å². The number of carbonyl (C=O) groups excluding carboxylic acids is 1. The maximum atomic E-state index is 12.6. The van der Waals surface area contributed by atoms with Gasteiger partial charge in [0, 0.05) is 30.3 Å². The van der Waals surface area contributed by atoms with E-state index in [9.17, 15) is 18.0 Å². The fraction of sp³-hybridized carbons (Fsp3) is 0.316. The average Bonchev–Trinajstić information content (AvgIpc) is 2.62. The molecule has 0 aromatic heterocycles. The molecule has 3 nitrogen and oxygen atoms in total. The van der Waals surface area contributed by atoms with Gasteiger partial charge in [0.2, 0.25) is 5.91 Å². The molecule has 2 aromatic carbocycles. The Morgan fingerprint density at radius 2 is 1.78 bits per heavy atom. The van der Waals surface area contributed by atoms with Crippen LogP contribution in [0.3, 0.4) is 0 Å². The number of halogens is 4. The number of alkyl halides is 3. The lowest BCUT2D eigenvalue weighted by molar-refractivity contribution is -0.137. The fourth-order valence-corrected chi connectivity index (χ4v) is 4.05. The van der Waals surface area contributed by atoms with Gasteiger partial charge in [-0.15, -0.1) is 0 Å². The summed E-state index contributed by atoms with van der Waals surface area (Å²) in [5.41, 5.74) is 1.28. The Morgan fingerprint density at radius 1 is 1.11 bits per heavy atom. The standard InChI is InChI=1S/C19H18ClF3N2OS/c20-16-12-15(5-6-17(16)25-7-9-27-10-8-25)24-18(26)11-13-1-3-14(4-2-13)19(21,22)23/h1-6,12H,7-11H2,(H,24,26). The summed E-state index contributed by atoms with van der Waals surface area (Å²) in [4.78, 5) is 14.4. The Bertz CT molecular complexity index is 806. The zero-order valence-electron chi connectivity index (χ0n) is 14.4. The van der Waals surface area contributed by atoms with Crippen molar-refractivity contribution in [2.45, 2.75) is 12.6 Å². The van der Waals surface area contributed by atoms with Crippen LogP contribution in [0.1, 0.15) is 11.1 Å². The lowest BCUT2D eigenvalue weighted by Crippen LogP contribution is -2.32. The van der Waals surface area contributed by atoms with E-state index in [0.29, 0.717) is 16.3 Å². The Balaban J connectivity index is 1.61. The van der Waals surface area contributed by atoms with Crippen molar-refractivity contribution < 1.29 is 18.0 Å². The number of carbonyl (C=O) groups is 1. The first-order chi connectivity index (χ1) is 12.8. The molecule has 3 rings (SSSR count). The minimum Gasteiger partial charge on any atom is -0.369 e. The van der Waals surface area contributed by atoms with E-state index < -0.39 is 11.7 Å². The van der Waals surface area contributed by atoms with Crippen LogP contribution in [0.4, 0.5) is 24.5 Å². The molecular formula is C19H18ClF3N2OS. The van der Waals surface area contributed by atoms with Gasteiger partial charge in [-0.3, -0.25) is 4.79 Å². The molecule has 0 radical (unpaired) electrons. The minimum atomic E-state index is -4.38. The molecular weight excluding hydrogens is 397 g/mol. The molecule has 1 amide bonds. The van der Waals surface area contributed by atoms with Gasteiger partial charge in [-0.25, -0.2) is 0 Å². The van der Waals surface area contributed by atoms with Crippen molar-refractivity contribution in [3.63, 3.8) is 0 Å². The van der Waals surface area contributed by atoms with Gasteiger partial charge in [-0.2, -0.15) is 24.9 Å². The zero-order valence-corrected chi connectivity index (χ0v) is 15.9. The Kier molecular flexibility index (Phi) is 6.22. The first-order valence-electron chi connectivity index (χ1n) is 8.41. The van der Waals surface area contributed by atoms with Crippen LogP contribution in [0.2, 0.25) is 5.02 Å². The predicted molar refractivity (Wildman–Crippen MR) is 105 cm³/mol. The quantitative estimate of drug-likeness (QED) is 0.756. The van der Waals surface area contributed by atoms with Crippen LogP contribution >= 0.6 is 23.4 Å². The van der Waals surface area contributed by atoms with Crippen LogP contribution in [-0.4, -0.2) is 30.5 Å². The van der Waals surface area contributed by atoms with Crippen LogP contribution < -0.4 is 10.2 Å². The maximum Gasteiger partial charge on any atom is 0.416 e. The molecule has 0 saturated carbocycles. The van der Waals surface area contributed by atoms with E-state index in [4.69, 9.17) is 11.6 Å². The average molecular weight is 415 g/mol. The molecule has 0 atom stereocenters. The van der Waals surface area contributed by atoms with Gasteiger partial charge in [-0.05, 0) is 35.9 Å². The molecule has 1 heterocycles. The van der Waals surface area contributed by atoms with Crippen molar-refractivity contribution in [2.75, 3.05) is 34.8 Å². The molecule has 1 aliphatic heterocycles. The smallest absolute Gasteiger partial charge is 0.369 e. The van der Waals surface area contributed by atoms with Gasteiger partial charge >= 0.3 is 6.18 Å². The van der Waals surface area contributed by atoms with E-state index in [1.165, 1.54) is 12.1 Å². The lowest BCUT2D eigenvalue weighted by Gasteiger charge is -2.29. The number of nitrogens with one attached hydrogen (secondary N) is 1. The molecule has 1 saturated heterocycles. The number of amides is 1. The molecule has 1 aliphatic rings. The number of hydrogen-bond donors (Lipinski definition) is 1. The molecule has 1 N–H and O–H groups in total. The summed E-state index contributed by atoms with van der Waals surface area (Å²) >= 11 is 8.27. The normalized spacial score (nSPS) is 14.9. The van der Waals surface area contributed by atoms with E-state index in [1.54, 1.807) is 12.1 Å². The summed E-state index contributed by atoms with van der Waals surface area (Å²) in [5, 5.41) is 3.30. The second-order valence-electron chi connectivity index (χ2n) is 6.19. The van der Waals surface area contributed by atoms with Crippen molar-refractivity contribution >= 4 is 40.6 Å². The van der Waals surface area contributed by atoms with Crippen molar-refractivity contribution in [2.24, 2.45) is 0 Å². The highest BCUT2D eigenvalue weighted by atomic mass is 35.5. The van der Waals surface area contributed by atoms with Gasteiger partial charge in [-0.1, -0.05) is 23.7 Å². The van der Waals surface area contributed by atoms with Gasteiger partial charge < -0.3 is 10.2 Å². The van der Waals surface area contributed by atoms with Gasteiger partial charge in [0.05, 0.1) is 22.7 Å². The number of rotatable bonds is 4. The maximum absolute atomic E-state index is 12.6. The highest BCUT2D eigenvalue weighted by Crippen LogP contribution is 2.31. The first kappa shape index (κ1) is 19.9. The van der Waals surface area contributed by atoms with Crippen molar-refractivity contribution in [3.05, 3.63) is 58.6 Å². The Hall–Kier alpha value is -1.86. The van der Waals surface area contributed by atoms with Crippen LogP contribution in [0.5, 0.6) is 0 Å². The highest BCUT2D eigenvalue weighted by molar-refractivity contribution is 7.99. The number of hydrogen-bond acceptors (Lipinski definition) is 3. The third-order valence-electron chi connectivity index (χ3n) is 4.23. The third kappa shape index (κ3) is 5.32. The predicted octanol–water partition coefficient (Wildman–Crippen LogP) is 5.09. The highest BCUT2D eigenvalue weighted by Gasteiger charge is 2.30. The summed E-state index contributed by atoms with van der Waals surface area (Å²) in [6.45, 7) is 1.87. The van der Waals surface area contributed by atoms with Crippen molar-refractivity contribution in [1.82, 2.24) is 0 Å². The van der Waals surface area contributed by atoms with Crippen molar-refractivity contribution in [1.29, 1.82) is 0 Å². The summed E-state index contributed by atoms with van der Waals surface area (Å²) in [5.74, 6) is 1.80. The zero-order chi connectivity index (χ0) is 19.4. The van der Waals surface area contributed by atoms with E-state index in [-0.39, 0.29) is 12.3 Å². The minimum absolute atomic E-state index is 0.0130. The molecule has 1 fully saturated rings.